The van der Waals surface area contributed by atoms with E-state index in [1.807, 2.05) is 37.4 Å². The number of aromatic nitrogens is 2. The Labute approximate surface area is 151 Å². The number of nitrogens with zero attached hydrogens (tertiary/aromatic N) is 2. The van der Waals surface area contributed by atoms with Crippen LogP contribution in [-0.2, 0) is 20.0 Å². The van der Waals surface area contributed by atoms with Gasteiger partial charge in [0.05, 0.1) is 22.6 Å². The molecule has 2 aromatic carbocycles. The van der Waals surface area contributed by atoms with Gasteiger partial charge >= 0.3 is 0 Å². The molecule has 4 rings (SSSR count). The molecule has 25 heavy (non-hydrogen) atoms. The summed E-state index contributed by atoms with van der Waals surface area (Å²) in [5.41, 5.74) is 3.31. The summed E-state index contributed by atoms with van der Waals surface area (Å²) in [5, 5.41) is 4.07. The summed E-state index contributed by atoms with van der Waals surface area (Å²) in [7, 11) is 2.05. The van der Waals surface area contributed by atoms with Crippen LogP contribution in [0.1, 0.15) is 11.4 Å². The summed E-state index contributed by atoms with van der Waals surface area (Å²) in [6.45, 7) is 2.67. The van der Waals surface area contributed by atoms with Gasteiger partial charge in [0, 0.05) is 7.05 Å². The van der Waals surface area contributed by atoms with Gasteiger partial charge in [0.2, 0.25) is 0 Å². The zero-order chi connectivity index (χ0) is 17.2. The third-order valence-electron chi connectivity index (χ3n) is 4.41. The molecule has 2 heterocycles. The van der Waals surface area contributed by atoms with Gasteiger partial charge in [-0.05, 0) is 42.8 Å². The molecule has 0 radical (unpaired) electrons. The fraction of sp³-hybridized carbons (Fsp3) is 0.316. The third kappa shape index (κ3) is 3.30. The first-order valence-corrected chi connectivity index (χ1v) is 8.79. The third-order valence-corrected chi connectivity index (χ3v) is 4.69. The molecule has 0 fully saturated rings. The van der Waals surface area contributed by atoms with Crippen LogP contribution in [0.25, 0.3) is 11.0 Å². The molecule has 1 N–H and O–H groups in total. The average Bonchev–Trinajstić information content (AvgIpc) is 2.95. The molecule has 0 bridgehead atoms. The fourth-order valence-electron chi connectivity index (χ4n) is 3.10. The normalized spacial score (nSPS) is 13.4. The zero-order valence-electron chi connectivity index (χ0n) is 14.1. The van der Waals surface area contributed by atoms with E-state index in [9.17, 15) is 0 Å². The largest absolute Gasteiger partial charge is 0.486 e. The Morgan fingerprint density at radius 1 is 1.20 bits per heavy atom. The molecular weight excluding hydrogens is 338 g/mol. The first kappa shape index (κ1) is 16.2. The number of imidazole rings is 1. The van der Waals surface area contributed by atoms with E-state index in [0.29, 0.717) is 24.0 Å². The van der Waals surface area contributed by atoms with Crippen molar-refractivity contribution in [2.45, 2.75) is 13.0 Å². The second-order valence-corrected chi connectivity index (χ2v) is 6.51. The maximum Gasteiger partial charge on any atom is 0.179 e. The number of para-hydroxylation sites is 2. The highest BCUT2D eigenvalue weighted by Gasteiger charge is 2.16. The summed E-state index contributed by atoms with van der Waals surface area (Å²) < 4.78 is 13.3. The summed E-state index contributed by atoms with van der Waals surface area (Å²) >= 11 is 6.28. The number of rotatable bonds is 5. The van der Waals surface area contributed by atoms with Crippen molar-refractivity contribution in [1.29, 1.82) is 0 Å². The molecule has 0 atom stereocenters. The highest BCUT2D eigenvalue weighted by molar-refractivity contribution is 6.32. The van der Waals surface area contributed by atoms with Crippen LogP contribution in [0, 0.1) is 0 Å². The highest BCUT2D eigenvalue weighted by Crippen LogP contribution is 2.38. The lowest BCUT2D eigenvalue weighted by atomic mass is 10.1. The molecule has 130 valence electrons. The molecule has 0 saturated carbocycles. The van der Waals surface area contributed by atoms with Gasteiger partial charge in [0.15, 0.2) is 11.5 Å². The second-order valence-electron chi connectivity index (χ2n) is 6.10. The van der Waals surface area contributed by atoms with E-state index in [0.717, 1.165) is 47.7 Å². The number of benzene rings is 2. The predicted octanol–water partition coefficient (Wildman–Crippen LogP) is 3.33. The first-order valence-electron chi connectivity index (χ1n) is 8.41. The van der Waals surface area contributed by atoms with Crippen LogP contribution in [0.15, 0.2) is 36.4 Å². The molecule has 5 nitrogen and oxygen atoms in total. The number of aryl methyl sites for hydroxylation is 1. The number of nitrogens with one attached hydrogen (secondary N) is 1. The SMILES string of the molecule is Cn1c(CNCCc2cc(Cl)c3c(c2)OCCO3)nc2ccccc21. The van der Waals surface area contributed by atoms with Gasteiger partial charge in [-0.3, -0.25) is 0 Å². The maximum atomic E-state index is 6.28. The second kappa shape index (κ2) is 6.94. The van der Waals surface area contributed by atoms with E-state index in [1.165, 1.54) is 0 Å². The van der Waals surface area contributed by atoms with E-state index >= 15 is 0 Å². The van der Waals surface area contributed by atoms with E-state index in [2.05, 4.69) is 20.9 Å². The van der Waals surface area contributed by atoms with Crippen LogP contribution in [0.2, 0.25) is 5.02 Å². The van der Waals surface area contributed by atoms with Gasteiger partial charge in [-0.25, -0.2) is 4.98 Å². The maximum absolute atomic E-state index is 6.28. The smallest absolute Gasteiger partial charge is 0.179 e. The van der Waals surface area contributed by atoms with Crippen LogP contribution in [-0.4, -0.2) is 29.3 Å². The monoisotopic (exact) mass is 357 g/mol. The molecule has 0 aliphatic carbocycles. The number of fused-ring (bicyclic) bond motifs is 2. The van der Waals surface area contributed by atoms with Gasteiger partial charge in [-0.15, -0.1) is 0 Å². The van der Waals surface area contributed by atoms with Crippen molar-refractivity contribution >= 4 is 22.6 Å². The number of halogens is 1. The van der Waals surface area contributed by atoms with Crippen LogP contribution >= 0.6 is 11.6 Å². The Kier molecular flexibility index (Phi) is 4.51. The van der Waals surface area contributed by atoms with Gasteiger partial charge in [-0.1, -0.05) is 23.7 Å². The van der Waals surface area contributed by atoms with Gasteiger partial charge in [-0.2, -0.15) is 0 Å². The van der Waals surface area contributed by atoms with E-state index in [4.69, 9.17) is 21.1 Å². The molecule has 0 spiro atoms. The van der Waals surface area contributed by atoms with Crippen molar-refractivity contribution in [1.82, 2.24) is 14.9 Å². The van der Waals surface area contributed by atoms with Crippen molar-refractivity contribution < 1.29 is 9.47 Å². The molecule has 1 aliphatic rings. The molecular formula is C19H20ClN3O2. The zero-order valence-corrected chi connectivity index (χ0v) is 14.8. The van der Waals surface area contributed by atoms with Crippen molar-refractivity contribution in [2.24, 2.45) is 7.05 Å². The Hall–Kier alpha value is -2.24. The lowest BCUT2D eigenvalue weighted by Crippen LogP contribution is -2.19. The Balaban J connectivity index is 1.38. The highest BCUT2D eigenvalue weighted by atomic mass is 35.5. The fourth-order valence-corrected chi connectivity index (χ4v) is 3.38. The summed E-state index contributed by atoms with van der Waals surface area (Å²) in [6.07, 6.45) is 0.861. The van der Waals surface area contributed by atoms with Crippen molar-refractivity contribution in [3.05, 3.63) is 52.8 Å². The van der Waals surface area contributed by atoms with E-state index in [1.54, 1.807) is 0 Å². The molecule has 0 amide bonds. The van der Waals surface area contributed by atoms with Gasteiger partial charge < -0.3 is 19.4 Å². The number of ether oxygens (including phenoxy) is 2. The van der Waals surface area contributed by atoms with Crippen molar-refractivity contribution in [3.8, 4) is 11.5 Å². The summed E-state index contributed by atoms with van der Waals surface area (Å²) in [4.78, 5) is 4.67. The van der Waals surface area contributed by atoms with Crippen LogP contribution < -0.4 is 14.8 Å². The minimum absolute atomic E-state index is 0.547. The topological polar surface area (TPSA) is 48.3 Å². The molecule has 0 saturated heterocycles. The minimum atomic E-state index is 0.547. The van der Waals surface area contributed by atoms with E-state index < -0.39 is 0 Å². The molecule has 1 aliphatic heterocycles. The van der Waals surface area contributed by atoms with Crippen LogP contribution in [0.3, 0.4) is 0 Å². The number of hydrogen-bond acceptors (Lipinski definition) is 4. The Bertz CT molecular complexity index is 907. The minimum Gasteiger partial charge on any atom is -0.486 e. The van der Waals surface area contributed by atoms with Crippen LogP contribution in [0.4, 0.5) is 0 Å². The van der Waals surface area contributed by atoms with E-state index in [-0.39, 0.29) is 0 Å². The van der Waals surface area contributed by atoms with Crippen molar-refractivity contribution in [2.75, 3.05) is 19.8 Å². The van der Waals surface area contributed by atoms with Gasteiger partial charge in [0.1, 0.15) is 19.0 Å². The summed E-state index contributed by atoms with van der Waals surface area (Å²) in [6, 6.07) is 12.1. The van der Waals surface area contributed by atoms with Crippen molar-refractivity contribution in [3.63, 3.8) is 0 Å². The Morgan fingerprint density at radius 2 is 2.04 bits per heavy atom. The standard InChI is InChI=1S/C19H20ClN3O2/c1-23-16-5-3-2-4-15(16)22-18(23)12-21-7-6-13-10-14(20)19-17(11-13)24-8-9-25-19/h2-5,10-11,21H,6-9,12H2,1H3. The summed E-state index contributed by atoms with van der Waals surface area (Å²) in [5.74, 6) is 2.43. The first-order chi connectivity index (χ1) is 12.2. The quantitative estimate of drug-likeness (QED) is 0.711. The number of hydrogen-bond donors (Lipinski definition) is 1. The molecule has 0 unspecified atom stereocenters. The predicted molar refractivity (Wildman–Crippen MR) is 98.6 cm³/mol. The average molecular weight is 358 g/mol. The molecule has 6 heteroatoms. The van der Waals surface area contributed by atoms with Gasteiger partial charge in [0.25, 0.3) is 0 Å². The van der Waals surface area contributed by atoms with Crippen LogP contribution in [0.5, 0.6) is 11.5 Å². The lowest BCUT2D eigenvalue weighted by molar-refractivity contribution is 0.171. The molecule has 3 aromatic rings. The molecule has 1 aromatic heterocycles. The Morgan fingerprint density at radius 3 is 2.92 bits per heavy atom. The lowest BCUT2D eigenvalue weighted by Gasteiger charge is -2.20.